The number of ether oxygens (including phenoxy) is 1. The topological polar surface area (TPSA) is 75.9 Å². The second kappa shape index (κ2) is 10.3. The van der Waals surface area contributed by atoms with Gasteiger partial charge in [-0.25, -0.2) is 9.97 Å². The number of carbonyl (C=O) groups excluding carboxylic acids is 1. The molecule has 138 valence electrons. The summed E-state index contributed by atoms with van der Waals surface area (Å²) >= 11 is 3.09. The molecule has 0 aliphatic rings. The van der Waals surface area contributed by atoms with Crippen molar-refractivity contribution in [2.75, 3.05) is 12.4 Å². The van der Waals surface area contributed by atoms with Crippen LogP contribution in [0.4, 0.5) is 0 Å². The average molecular weight is 390 g/mol. The number of aryl methyl sites for hydroxylation is 2. The van der Waals surface area contributed by atoms with Crippen LogP contribution in [-0.2, 0) is 9.53 Å². The van der Waals surface area contributed by atoms with Gasteiger partial charge in [0.2, 0.25) is 0 Å². The molecule has 0 saturated carbocycles. The van der Waals surface area contributed by atoms with Gasteiger partial charge in [0.05, 0.1) is 22.9 Å². The molecule has 0 aliphatic carbocycles. The predicted molar refractivity (Wildman–Crippen MR) is 105 cm³/mol. The molecular weight excluding hydrogens is 366 g/mol. The summed E-state index contributed by atoms with van der Waals surface area (Å²) in [6.07, 6.45) is 3.02. The van der Waals surface area contributed by atoms with Gasteiger partial charge < -0.3 is 4.74 Å². The monoisotopic (exact) mass is 389 g/mol. The number of thioether (sulfide) groups is 1. The van der Waals surface area contributed by atoms with Gasteiger partial charge >= 0.3 is 5.97 Å². The lowest BCUT2D eigenvalue weighted by atomic mass is 10.1. The van der Waals surface area contributed by atoms with Crippen LogP contribution >= 0.6 is 23.1 Å². The number of carbonyl (C=O) groups is 1. The first-order chi connectivity index (χ1) is 12.5. The lowest BCUT2D eigenvalue weighted by molar-refractivity contribution is -0.143. The molecule has 0 N–H and O–H groups in total. The summed E-state index contributed by atoms with van der Waals surface area (Å²) in [6.45, 7) is 6.45. The van der Waals surface area contributed by atoms with Crippen LogP contribution in [0.1, 0.15) is 48.9 Å². The van der Waals surface area contributed by atoms with Gasteiger partial charge in [-0.3, -0.25) is 4.79 Å². The van der Waals surface area contributed by atoms with Gasteiger partial charge in [0, 0.05) is 28.8 Å². The molecule has 0 spiro atoms. The Hall–Kier alpha value is -1.91. The number of rotatable bonds is 9. The quantitative estimate of drug-likeness (QED) is 0.344. The summed E-state index contributed by atoms with van der Waals surface area (Å²) in [5.41, 5.74) is 3.16. The number of nitrogens with zero attached hydrogens (tertiary/aromatic N) is 3. The van der Waals surface area contributed by atoms with Crippen LogP contribution < -0.4 is 0 Å². The Morgan fingerprint density at radius 1 is 1.35 bits per heavy atom. The van der Waals surface area contributed by atoms with Crippen molar-refractivity contribution in [1.82, 2.24) is 9.97 Å². The standard InChI is InChI=1S/C19H23N3O2S2/c1-4-5-8-24-18(23)7-6-9-25-19-15(11-20)10-16(13(2)21-19)17-12-26-14(3)22-17/h10,12H,4-9H2,1-3H3. The number of esters is 1. The van der Waals surface area contributed by atoms with Crippen LogP contribution in [0.15, 0.2) is 16.5 Å². The van der Waals surface area contributed by atoms with Crippen molar-refractivity contribution in [2.24, 2.45) is 0 Å². The fourth-order valence-electron chi connectivity index (χ4n) is 2.31. The summed E-state index contributed by atoms with van der Waals surface area (Å²) in [6, 6.07) is 4.08. The number of hydrogen-bond donors (Lipinski definition) is 0. The highest BCUT2D eigenvalue weighted by atomic mass is 32.2. The molecule has 0 fully saturated rings. The van der Waals surface area contributed by atoms with Crippen molar-refractivity contribution in [3.8, 4) is 17.3 Å². The molecule has 0 unspecified atom stereocenters. The van der Waals surface area contributed by atoms with Crippen LogP contribution in [-0.4, -0.2) is 28.3 Å². The van der Waals surface area contributed by atoms with Crippen molar-refractivity contribution in [3.05, 3.63) is 27.7 Å². The molecule has 0 bridgehead atoms. The van der Waals surface area contributed by atoms with Gasteiger partial charge in [0.25, 0.3) is 0 Å². The first kappa shape index (κ1) is 20.4. The van der Waals surface area contributed by atoms with Crippen molar-refractivity contribution >= 4 is 29.1 Å². The maximum atomic E-state index is 11.6. The molecule has 0 aliphatic heterocycles. The molecule has 0 saturated heterocycles. The molecule has 26 heavy (non-hydrogen) atoms. The van der Waals surface area contributed by atoms with Gasteiger partial charge in [0.15, 0.2) is 0 Å². The van der Waals surface area contributed by atoms with Crippen molar-refractivity contribution in [3.63, 3.8) is 0 Å². The maximum absolute atomic E-state index is 11.6. The van der Waals surface area contributed by atoms with Crippen LogP contribution in [0.2, 0.25) is 0 Å². The molecule has 0 atom stereocenters. The first-order valence-corrected chi connectivity index (χ1v) is 10.5. The second-order valence-corrected chi connectivity index (χ2v) is 8.01. The minimum absolute atomic E-state index is 0.155. The number of thiazole rings is 1. The minimum atomic E-state index is -0.155. The molecule has 0 amide bonds. The van der Waals surface area contributed by atoms with E-state index in [4.69, 9.17) is 4.74 Å². The van der Waals surface area contributed by atoms with Gasteiger partial charge in [-0.05, 0) is 32.8 Å². The lowest BCUT2D eigenvalue weighted by Crippen LogP contribution is -2.06. The molecule has 7 heteroatoms. The van der Waals surface area contributed by atoms with Crippen LogP contribution in [0.25, 0.3) is 11.3 Å². The lowest BCUT2D eigenvalue weighted by Gasteiger charge is -2.08. The highest BCUT2D eigenvalue weighted by Gasteiger charge is 2.13. The van der Waals surface area contributed by atoms with Gasteiger partial charge in [0.1, 0.15) is 11.1 Å². The Balaban J connectivity index is 1.94. The highest BCUT2D eigenvalue weighted by Crippen LogP contribution is 2.29. The van der Waals surface area contributed by atoms with E-state index in [0.29, 0.717) is 30.0 Å². The highest BCUT2D eigenvalue weighted by molar-refractivity contribution is 7.99. The van der Waals surface area contributed by atoms with Gasteiger partial charge in [-0.2, -0.15) is 5.26 Å². The summed E-state index contributed by atoms with van der Waals surface area (Å²) in [7, 11) is 0. The summed E-state index contributed by atoms with van der Waals surface area (Å²) < 4.78 is 5.14. The first-order valence-electron chi connectivity index (χ1n) is 8.67. The van der Waals surface area contributed by atoms with E-state index in [2.05, 4.69) is 23.0 Å². The zero-order valence-corrected chi connectivity index (χ0v) is 17.0. The van der Waals surface area contributed by atoms with E-state index >= 15 is 0 Å². The Bertz CT molecular complexity index is 797. The van der Waals surface area contributed by atoms with E-state index in [-0.39, 0.29) is 5.97 Å². The summed E-state index contributed by atoms with van der Waals surface area (Å²) in [5, 5.41) is 13.1. The third-order valence-corrected chi connectivity index (χ3v) is 5.57. The van der Waals surface area contributed by atoms with Crippen molar-refractivity contribution in [2.45, 2.75) is 51.5 Å². The normalized spacial score (nSPS) is 10.5. The summed E-state index contributed by atoms with van der Waals surface area (Å²) in [4.78, 5) is 20.7. The molecule has 2 heterocycles. The van der Waals surface area contributed by atoms with E-state index in [1.54, 1.807) is 11.3 Å². The zero-order chi connectivity index (χ0) is 18.9. The Morgan fingerprint density at radius 3 is 2.81 bits per heavy atom. The number of aromatic nitrogens is 2. The number of nitriles is 1. The number of hydrogen-bond acceptors (Lipinski definition) is 7. The van der Waals surface area contributed by atoms with E-state index in [0.717, 1.165) is 40.6 Å². The Labute approximate surface area is 162 Å². The molecule has 2 aromatic heterocycles. The van der Waals surface area contributed by atoms with Gasteiger partial charge in [-0.15, -0.1) is 23.1 Å². The fraction of sp³-hybridized carbons (Fsp3) is 0.474. The molecular formula is C19H23N3O2S2. The van der Waals surface area contributed by atoms with Gasteiger partial charge in [-0.1, -0.05) is 13.3 Å². The maximum Gasteiger partial charge on any atom is 0.305 e. The SMILES string of the molecule is CCCCOC(=O)CCCSc1nc(C)c(-c2csc(C)n2)cc1C#N. The fourth-order valence-corrected chi connectivity index (χ4v) is 3.86. The third kappa shape index (κ3) is 5.82. The average Bonchev–Trinajstić information content (AvgIpc) is 3.05. The predicted octanol–water partition coefficient (Wildman–Crippen LogP) is 4.91. The largest absolute Gasteiger partial charge is 0.466 e. The summed E-state index contributed by atoms with van der Waals surface area (Å²) in [5.74, 6) is 0.567. The van der Waals surface area contributed by atoms with Crippen LogP contribution in [0, 0.1) is 25.2 Å². The van der Waals surface area contributed by atoms with E-state index in [9.17, 15) is 10.1 Å². The molecule has 5 nitrogen and oxygen atoms in total. The second-order valence-electron chi connectivity index (χ2n) is 5.86. The van der Waals surface area contributed by atoms with Crippen LogP contribution in [0.5, 0.6) is 0 Å². The minimum Gasteiger partial charge on any atom is -0.466 e. The molecule has 2 rings (SSSR count). The number of pyridine rings is 1. The van der Waals surface area contributed by atoms with Crippen molar-refractivity contribution < 1.29 is 9.53 Å². The van der Waals surface area contributed by atoms with E-state index < -0.39 is 0 Å². The zero-order valence-electron chi connectivity index (χ0n) is 15.4. The number of unbranched alkanes of at least 4 members (excludes halogenated alkanes) is 1. The molecule has 0 aromatic carbocycles. The Morgan fingerprint density at radius 2 is 2.15 bits per heavy atom. The smallest absolute Gasteiger partial charge is 0.305 e. The molecule has 2 aromatic rings. The van der Waals surface area contributed by atoms with Crippen LogP contribution in [0.3, 0.4) is 0 Å². The third-order valence-electron chi connectivity index (χ3n) is 3.72. The van der Waals surface area contributed by atoms with Crippen molar-refractivity contribution in [1.29, 1.82) is 5.26 Å². The molecule has 0 radical (unpaired) electrons. The van der Waals surface area contributed by atoms with E-state index in [1.165, 1.54) is 11.8 Å². The van der Waals surface area contributed by atoms with E-state index in [1.807, 2.05) is 25.3 Å². The Kier molecular flexibility index (Phi) is 8.07.